The normalized spacial score (nSPS) is 12.9. The minimum absolute atomic E-state index is 0.190. The molecule has 1 aliphatic rings. The molecule has 0 spiro atoms. The Bertz CT molecular complexity index is 1300. The lowest BCUT2D eigenvalue weighted by molar-refractivity contribution is -0.393. The van der Waals surface area contributed by atoms with Gasteiger partial charge in [0.25, 0.3) is 17.1 Å². The number of rotatable bonds is 5. The molecule has 0 heterocycles. The van der Waals surface area contributed by atoms with Crippen molar-refractivity contribution in [3.8, 4) is 16.9 Å². The SMILES string of the molecule is COc1ccc(/C=C2\c3cc([N+](=O)[O-])ccc3-c3c2cc([N+](=O)[O-])cc3[N+](=O)[O-])cc1. The summed E-state index contributed by atoms with van der Waals surface area (Å²) in [6.07, 6.45) is 1.68. The predicted molar refractivity (Wildman–Crippen MR) is 112 cm³/mol. The zero-order valence-corrected chi connectivity index (χ0v) is 16.0. The van der Waals surface area contributed by atoms with Crippen molar-refractivity contribution in [3.05, 3.63) is 102 Å². The highest BCUT2D eigenvalue weighted by Gasteiger charge is 2.34. The summed E-state index contributed by atoms with van der Waals surface area (Å²) in [4.78, 5) is 32.4. The average Bonchev–Trinajstić information content (AvgIpc) is 3.06. The number of methoxy groups -OCH3 is 1. The summed E-state index contributed by atoms with van der Waals surface area (Å²) in [6.45, 7) is 0. The second-order valence-corrected chi connectivity index (χ2v) is 6.72. The van der Waals surface area contributed by atoms with Crippen LogP contribution in [0.1, 0.15) is 16.7 Å². The van der Waals surface area contributed by atoms with Crippen molar-refractivity contribution < 1.29 is 19.5 Å². The van der Waals surface area contributed by atoms with Crippen LogP contribution < -0.4 is 4.74 Å². The summed E-state index contributed by atoms with van der Waals surface area (Å²) in [5, 5.41) is 34.4. The maximum Gasteiger partial charge on any atom is 0.284 e. The van der Waals surface area contributed by atoms with E-state index < -0.39 is 26.1 Å². The molecule has 0 unspecified atom stereocenters. The molecule has 0 N–H and O–H groups in total. The average molecular weight is 419 g/mol. The summed E-state index contributed by atoms with van der Waals surface area (Å²) in [5.41, 5.74) is 1.31. The van der Waals surface area contributed by atoms with Crippen LogP contribution in [0.15, 0.2) is 54.6 Å². The molecule has 154 valence electrons. The smallest absolute Gasteiger partial charge is 0.284 e. The Morgan fingerprint density at radius 3 is 1.97 bits per heavy atom. The van der Waals surface area contributed by atoms with Crippen molar-refractivity contribution in [3.63, 3.8) is 0 Å². The minimum atomic E-state index is -0.705. The number of nitro benzene ring substituents is 3. The molecular weight excluding hydrogens is 406 g/mol. The second-order valence-electron chi connectivity index (χ2n) is 6.72. The first-order valence-electron chi connectivity index (χ1n) is 8.92. The summed E-state index contributed by atoms with van der Waals surface area (Å²) < 4.78 is 5.13. The number of ether oxygens (including phenoxy) is 1. The first kappa shape index (κ1) is 19.7. The van der Waals surface area contributed by atoms with Gasteiger partial charge < -0.3 is 4.74 Å². The van der Waals surface area contributed by atoms with E-state index in [1.165, 1.54) is 31.4 Å². The summed E-state index contributed by atoms with van der Waals surface area (Å²) in [5.74, 6) is 0.622. The number of benzene rings is 3. The highest BCUT2D eigenvalue weighted by molar-refractivity contribution is 6.09. The molecule has 1 aliphatic carbocycles. The van der Waals surface area contributed by atoms with E-state index in [1.807, 2.05) is 0 Å². The van der Waals surface area contributed by atoms with Crippen molar-refractivity contribution in [1.82, 2.24) is 0 Å². The molecular formula is C21H13N3O7. The van der Waals surface area contributed by atoms with Crippen LogP contribution in [-0.2, 0) is 0 Å². The number of fused-ring (bicyclic) bond motifs is 3. The molecule has 0 saturated carbocycles. The Labute approximate surface area is 174 Å². The van der Waals surface area contributed by atoms with Crippen LogP contribution in [0.25, 0.3) is 22.8 Å². The summed E-state index contributed by atoms with van der Waals surface area (Å²) >= 11 is 0. The third kappa shape index (κ3) is 3.35. The van der Waals surface area contributed by atoms with Crippen molar-refractivity contribution >= 4 is 28.7 Å². The monoisotopic (exact) mass is 419 g/mol. The number of nitrogens with zero attached hydrogens (tertiary/aromatic N) is 3. The van der Waals surface area contributed by atoms with E-state index in [9.17, 15) is 30.3 Å². The van der Waals surface area contributed by atoms with E-state index in [4.69, 9.17) is 4.74 Å². The van der Waals surface area contributed by atoms with Gasteiger partial charge in [0.1, 0.15) is 5.75 Å². The molecule has 0 saturated heterocycles. The predicted octanol–water partition coefficient (Wildman–Crippen LogP) is 4.99. The van der Waals surface area contributed by atoms with Crippen LogP contribution in [0.5, 0.6) is 5.75 Å². The highest BCUT2D eigenvalue weighted by atomic mass is 16.6. The van der Waals surface area contributed by atoms with Gasteiger partial charge in [0.05, 0.1) is 33.5 Å². The first-order chi connectivity index (χ1) is 14.8. The molecule has 0 fully saturated rings. The van der Waals surface area contributed by atoms with Crippen LogP contribution in [0, 0.1) is 30.3 Å². The number of nitro groups is 3. The molecule has 0 radical (unpaired) electrons. The Balaban J connectivity index is 2.04. The zero-order chi connectivity index (χ0) is 22.3. The maximum atomic E-state index is 11.7. The van der Waals surface area contributed by atoms with Crippen LogP contribution >= 0.6 is 0 Å². The molecule has 10 nitrogen and oxygen atoms in total. The number of non-ortho nitro benzene ring substituents is 2. The molecule has 10 heteroatoms. The molecule has 0 bridgehead atoms. The first-order valence-corrected chi connectivity index (χ1v) is 8.92. The Hall–Kier alpha value is -4.60. The zero-order valence-electron chi connectivity index (χ0n) is 16.0. The molecule has 3 aromatic carbocycles. The van der Waals surface area contributed by atoms with E-state index >= 15 is 0 Å². The van der Waals surface area contributed by atoms with Crippen molar-refractivity contribution in [2.45, 2.75) is 0 Å². The van der Waals surface area contributed by atoms with Crippen LogP contribution in [0.3, 0.4) is 0 Å². The topological polar surface area (TPSA) is 139 Å². The largest absolute Gasteiger partial charge is 0.497 e. The van der Waals surface area contributed by atoms with Gasteiger partial charge in [0.15, 0.2) is 0 Å². The highest BCUT2D eigenvalue weighted by Crippen LogP contribution is 2.51. The van der Waals surface area contributed by atoms with Crippen LogP contribution in [0.2, 0.25) is 0 Å². The molecule has 0 aromatic heterocycles. The van der Waals surface area contributed by atoms with Gasteiger partial charge in [-0.3, -0.25) is 30.3 Å². The fraction of sp³-hybridized carbons (Fsp3) is 0.0476. The molecule has 4 rings (SSSR count). The number of hydrogen-bond donors (Lipinski definition) is 0. The fourth-order valence-electron chi connectivity index (χ4n) is 3.61. The quantitative estimate of drug-likeness (QED) is 0.328. The van der Waals surface area contributed by atoms with Gasteiger partial charge >= 0.3 is 0 Å². The van der Waals surface area contributed by atoms with Gasteiger partial charge in [0, 0.05) is 23.8 Å². The maximum absolute atomic E-state index is 11.7. The van der Waals surface area contributed by atoms with Gasteiger partial charge in [-0.05, 0) is 46.5 Å². The molecule has 3 aromatic rings. The molecule has 0 aliphatic heterocycles. The van der Waals surface area contributed by atoms with Crippen LogP contribution in [-0.4, -0.2) is 21.9 Å². The summed E-state index contributed by atoms with van der Waals surface area (Å²) in [6, 6.07) is 13.1. The number of hydrogen-bond acceptors (Lipinski definition) is 7. The Morgan fingerprint density at radius 2 is 1.39 bits per heavy atom. The van der Waals surface area contributed by atoms with E-state index in [-0.39, 0.29) is 16.8 Å². The molecule has 0 amide bonds. The van der Waals surface area contributed by atoms with E-state index in [0.717, 1.165) is 6.07 Å². The third-order valence-electron chi connectivity index (χ3n) is 5.00. The second kappa shape index (κ2) is 7.34. The van der Waals surface area contributed by atoms with Crippen molar-refractivity contribution in [2.24, 2.45) is 0 Å². The fourth-order valence-corrected chi connectivity index (χ4v) is 3.61. The van der Waals surface area contributed by atoms with Gasteiger partial charge in [0.2, 0.25) is 0 Å². The minimum Gasteiger partial charge on any atom is -0.497 e. The Morgan fingerprint density at radius 1 is 0.742 bits per heavy atom. The molecule has 0 atom stereocenters. The lowest BCUT2D eigenvalue weighted by atomic mass is 10.00. The third-order valence-corrected chi connectivity index (χ3v) is 5.00. The van der Waals surface area contributed by atoms with Crippen molar-refractivity contribution in [2.75, 3.05) is 7.11 Å². The van der Waals surface area contributed by atoms with E-state index in [0.29, 0.717) is 28.0 Å². The van der Waals surface area contributed by atoms with Gasteiger partial charge in [-0.15, -0.1) is 0 Å². The van der Waals surface area contributed by atoms with Crippen molar-refractivity contribution in [1.29, 1.82) is 0 Å². The van der Waals surface area contributed by atoms with E-state index in [1.54, 1.807) is 30.3 Å². The lowest BCUT2D eigenvalue weighted by Crippen LogP contribution is -1.96. The van der Waals surface area contributed by atoms with Crippen LogP contribution in [0.4, 0.5) is 17.1 Å². The lowest BCUT2D eigenvalue weighted by Gasteiger charge is -2.05. The molecule has 31 heavy (non-hydrogen) atoms. The van der Waals surface area contributed by atoms with Gasteiger partial charge in [-0.1, -0.05) is 12.1 Å². The standard InChI is InChI=1S/C21H13N3O7/c1-31-15-5-2-12(3-6-15)8-17-18-9-13(22(25)26)4-7-16(18)21-19(17)10-14(23(27)28)11-20(21)24(29)30/h2-11H,1H3/b17-8+. The summed E-state index contributed by atoms with van der Waals surface area (Å²) in [7, 11) is 1.52. The van der Waals surface area contributed by atoms with Gasteiger partial charge in [-0.2, -0.15) is 0 Å². The Kier molecular flexibility index (Phi) is 4.66. The van der Waals surface area contributed by atoms with E-state index in [2.05, 4.69) is 0 Å². The van der Waals surface area contributed by atoms with Gasteiger partial charge in [-0.25, -0.2) is 0 Å².